The van der Waals surface area contributed by atoms with Gasteiger partial charge in [0.1, 0.15) is 0 Å². The first-order valence-electron chi connectivity index (χ1n) is 5.09. The van der Waals surface area contributed by atoms with Crippen molar-refractivity contribution in [1.29, 1.82) is 0 Å². The van der Waals surface area contributed by atoms with E-state index in [9.17, 15) is 8.78 Å². The van der Waals surface area contributed by atoms with Crippen LogP contribution >= 0.6 is 0 Å². The lowest BCUT2D eigenvalue weighted by Gasteiger charge is -2.36. The van der Waals surface area contributed by atoms with Crippen molar-refractivity contribution < 1.29 is 8.78 Å². The highest BCUT2D eigenvalue weighted by molar-refractivity contribution is 5.73. The van der Waals surface area contributed by atoms with Gasteiger partial charge in [-0.2, -0.15) is 0 Å². The number of rotatable bonds is 1. The van der Waals surface area contributed by atoms with Crippen molar-refractivity contribution >= 4 is 11.4 Å². The zero-order chi connectivity index (χ0) is 11.0. The monoisotopic (exact) mass is 212 g/mol. The Bertz CT molecular complexity index is 379. The van der Waals surface area contributed by atoms with Gasteiger partial charge in [0.15, 0.2) is 11.6 Å². The van der Waals surface area contributed by atoms with Gasteiger partial charge in [-0.25, -0.2) is 8.78 Å². The second-order valence-corrected chi connectivity index (χ2v) is 3.81. The zero-order valence-electron chi connectivity index (χ0n) is 8.85. The molecule has 0 saturated carbocycles. The third-order valence-corrected chi connectivity index (χ3v) is 2.97. The quantitative estimate of drug-likeness (QED) is 0.769. The van der Waals surface area contributed by atoms with Gasteiger partial charge in [-0.3, -0.25) is 0 Å². The molecule has 1 atom stereocenters. The lowest BCUT2D eigenvalue weighted by Crippen LogP contribution is -2.41. The molecule has 0 fully saturated rings. The van der Waals surface area contributed by atoms with E-state index in [-0.39, 0.29) is 6.04 Å². The molecule has 1 heterocycles. The Kier molecular flexibility index (Phi) is 2.50. The molecule has 1 aromatic rings. The minimum atomic E-state index is -0.792. The molecule has 0 aromatic heterocycles. The molecule has 1 aromatic carbocycles. The van der Waals surface area contributed by atoms with Crippen LogP contribution in [-0.2, 0) is 0 Å². The van der Waals surface area contributed by atoms with E-state index < -0.39 is 11.6 Å². The summed E-state index contributed by atoms with van der Waals surface area (Å²) in [5.74, 6) is -1.56. The van der Waals surface area contributed by atoms with Crippen LogP contribution < -0.4 is 10.2 Å². The maximum Gasteiger partial charge on any atom is 0.184 e. The lowest BCUT2D eigenvalue weighted by atomic mass is 10.1. The van der Waals surface area contributed by atoms with Gasteiger partial charge >= 0.3 is 0 Å². The highest BCUT2D eigenvalue weighted by Crippen LogP contribution is 2.34. The average molecular weight is 212 g/mol. The van der Waals surface area contributed by atoms with Crippen LogP contribution in [0.5, 0.6) is 0 Å². The standard InChI is InChI=1S/C11H14F2N2/c1-3-7-6-14-9-5-4-8(12)10(13)11(9)15(7)2/h4-5,7,14H,3,6H2,1-2H3. The van der Waals surface area contributed by atoms with Crippen molar-refractivity contribution in [2.24, 2.45) is 0 Å². The molecule has 0 aliphatic carbocycles. The van der Waals surface area contributed by atoms with Gasteiger partial charge in [-0.15, -0.1) is 0 Å². The first kappa shape index (κ1) is 10.2. The van der Waals surface area contributed by atoms with Crippen molar-refractivity contribution in [3.63, 3.8) is 0 Å². The number of fused-ring (bicyclic) bond motifs is 1. The van der Waals surface area contributed by atoms with Crippen LogP contribution in [-0.4, -0.2) is 19.6 Å². The van der Waals surface area contributed by atoms with E-state index in [0.29, 0.717) is 11.4 Å². The minimum absolute atomic E-state index is 0.216. The van der Waals surface area contributed by atoms with E-state index in [1.165, 1.54) is 0 Å². The molecule has 0 spiro atoms. The van der Waals surface area contributed by atoms with Crippen LogP contribution in [0, 0.1) is 11.6 Å². The fourth-order valence-electron chi connectivity index (χ4n) is 1.99. The first-order valence-corrected chi connectivity index (χ1v) is 5.09. The molecule has 2 nitrogen and oxygen atoms in total. The molecule has 0 radical (unpaired) electrons. The van der Waals surface area contributed by atoms with Gasteiger partial charge in [0.2, 0.25) is 0 Å². The predicted molar refractivity (Wildman–Crippen MR) is 57.3 cm³/mol. The first-order chi connectivity index (χ1) is 7.15. The van der Waals surface area contributed by atoms with Crippen molar-refractivity contribution in [3.8, 4) is 0 Å². The van der Waals surface area contributed by atoms with Crippen LogP contribution in [0.2, 0.25) is 0 Å². The van der Waals surface area contributed by atoms with E-state index in [1.807, 2.05) is 11.8 Å². The maximum atomic E-state index is 13.6. The summed E-state index contributed by atoms with van der Waals surface area (Å²) in [6.07, 6.45) is 0.902. The molecule has 15 heavy (non-hydrogen) atoms. The number of nitrogens with one attached hydrogen (secondary N) is 1. The van der Waals surface area contributed by atoms with Crippen LogP contribution in [0.25, 0.3) is 0 Å². The molecule has 0 amide bonds. The summed E-state index contributed by atoms with van der Waals surface area (Å²) in [4.78, 5) is 1.81. The van der Waals surface area contributed by atoms with Crippen molar-refractivity contribution in [3.05, 3.63) is 23.8 Å². The summed E-state index contributed by atoms with van der Waals surface area (Å²) in [5, 5.41) is 3.11. The smallest absolute Gasteiger partial charge is 0.184 e. The Morgan fingerprint density at radius 1 is 1.47 bits per heavy atom. The third kappa shape index (κ3) is 1.54. The third-order valence-electron chi connectivity index (χ3n) is 2.97. The zero-order valence-corrected chi connectivity index (χ0v) is 8.85. The van der Waals surface area contributed by atoms with E-state index in [4.69, 9.17) is 0 Å². The predicted octanol–water partition coefficient (Wildman–Crippen LogP) is 2.61. The van der Waals surface area contributed by atoms with Crippen molar-refractivity contribution in [2.45, 2.75) is 19.4 Å². The normalized spacial score (nSPS) is 19.7. The Morgan fingerprint density at radius 2 is 2.20 bits per heavy atom. The van der Waals surface area contributed by atoms with Gasteiger partial charge in [0, 0.05) is 19.6 Å². The summed E-state index contributed by atoms with van der Waals surface area (Å²) < 4.78 is 26.7. The molecule has 0 bridgehead atoms. The summed E-state index contributed by atoms with van der Waals surface area (Å²) in [7, 11) is 1.80. The van der Waals surface area contributed by atoms with E-state index in [2.05, 4.69) is 5.32 Å². The largest absolute Gasteiger partial charge is 0.381 e. The van der Waals surface area contributed by atoms with Crippen molar-refractivity contribution in [1.82, 2.24) is 0 Å². The Hall–Kier alpha value is -1.32. The fraction of sp³-hybridized carbons (Fsp3) is 0.455. The molecule has 4 heteroatoms. The Balaban J connectivity index is 2.49. The molecular formula is C11H14F2N2. The van der Waals surface area contributed by atoms with Crippen LogP contribution in [0.4, 0.5) is 20.2 Å². The molecule has 1 aliphatic rings. The topological polar surface area (TPSA) is 15.3 Å². The van der Waals surface area contributed by atoms with Gasteiger partial charge in [0.25, 0.3) is 0 Å². The van der Waals surface area contributed by atoms with E-state index >= 15 is 0 Å². The minimum Gasteiger partial charge on any atom is -0.381 e. The number of hydrogen-bond acceptors (Lipinski definition) is 2. The average Bonchev–Trinajstić information content (AvgIpc) is 2.24. The molecule has 0 saturated heterocycles. The van der Waals surface area contributed by atoms with E-state index in [1.54, 1.807) is 13.1 Å². The molecule has 1 N–H and O–H groups in total. The van der Waals surface area contributed by atoms with Crippen LogP contribution in [0.1, 0.15) is 13.3 Å². The SMILES string of the molecule is CCC1CNc2ccc(F)c(F)c2N1C. The Morgan fingerprint density at radius 3 is 2.87 bits per heavy atom. The molecular weight excluding hydrogens is 198 g/mol. The number of hydrogen-bond donors (Lipinski definition) is 1. The molecule has 1 aliphatic heterocycles. The summed E-state index contributed by atoms with van der Waals surface area (Å²) >= 11 is 0. The number of anilines is 2. The number of halogens is 2. The summed E-state index contributed by atoms with van der Waals surface area (Å²) in [5.41, 5.74) is 1.01. The van der Waals surface area contributed by atoms with Crippen LogP contribution in [0.15, 0.2) is 12.1 Å². The fourth-order valence-corrected chi connectivity index (χ4v) is 1.99. The number of nitrogens with zero attached hydrogens (tertiary/aromatic N) is 1. The van der Waals surface area contributed by atoms with Gasteiger partial charge in [-0.05, 0) is 18.6 Å². The number of likely N-dealkylation sites (N-methyl/N-ethyl adjacent to an activating group) is 1. The highest BCUT2D eigenvalue weighted by atomic mass is 19.2. The summed E-state index contributed by atoms with van der Waals surface area (Å²) in [6, 6.07) is 2.95. The molecule has 82 valence electrons. The summed E-state index contributed by atoms with van der Waals surface area (Å²) in [6.45, 7) is 2.80. The molecule has 2 rings (SSSR count). The molecule has 1 unspecified atom stereocenters. The van der Waals surface area contributed by atoms with E-state index in [0.717, 1.165) is 19.0 Å². The maximum absolute atomic E-state index is 13.6. The second kappa shape index (κ2) is 3.68. The number of benzene rings is 1. The van der Waals surface area contributed by atoms with Gasteiger partial charge < -0.3 is 10.2 Å². The Labute approximate surface area is 87.9 Å². The van der Waals surface area contributed by atoms with Gasteiger partial charge in [-0.1, -0.05) is 6.92 Å². The van der Waals surface area contributed by atoms with Gasteiger partial charge in [0.05, 0.1) is 11.4 Å². The lowest BCUT2D eigenvalue weighted by molar-refractivity contribution is 0.499. The van der Waals surface area contributed by atoms with Crippen LogP contribution in [0.3, 0.4) is 0 Å². The second-order valence-electron chi connectivity index (χ2n) is 3.81. The van der Waals surface area contributed by atoms with Crippen molar-refractivity contribution in [2.75, 3.05) is 23.8 Å². The highest BCUT2D eigenvalue weighted by Gasteiger charge is 2.26.